The summed E-state index contributed by atoms with van der Waals surface area (Å²) >= 11 is 5.90. The zero-order chi connectivity index (χ0) is 15.1. The normalized spacial score (nSPS) is 27.3. The summed E-state index contributed by atoms with van der Waals surface area (Å²) < 4.78 is 5.58. The Labute approximate surface area is 125 Å². The molecule has 0 spiro atoms. The van der Waals surface area contributed by atoms with E-state index < -0.39 is 30.1 Å². The second-order valence-corrected chi connectivity index (χ2v) is 5.73. The molecule has 3 atom stereocenters. The average molecular weight is 312 g/mol. The molecular weight excluding hydrogens is 298 g/mol. The number of aliphatic carboxylic acids is 1. The number of rotatable bonds is 2. The molecular formula is C14H14ClNO5. The van der Waals surface area contributed by atoms with Crippen LogP contribution in [0.1, 0.15) is 12.0 Å². The van der Waals surface area contributed by atoms with Gasteiger partial charge in [0.15, 0.2) is 6.10 Å². The molecule has 1 aromatic carbocycles. The van der Waals surface area contributed by atoms with Gasteiger partial charge in [-0.3, -0.25) is 4.79 Å². The number of fused-ring (bicyclic) bond motifs is 1. The van der Waals surface area contributed by atoms with Gasteiger partial charge in [-0.15, -0.1) is 0 Å². The largest absolute Gasteiger partial charge is 0.480 e. The minimum atomic E-state index is -1.11. The van der Waals surface area contributed by atoms with Crippen molar-refractivity contribution in [3.8, 4) is 5.75 Å². The Morgan fingerprint density at radius 2 is 2.14 bits per heavy atom. The molecule has 1 fully saturated rings. The van der Waals surface area contributed by atoms with Gasteiger partial charge in [0, 0.05) is 24.4 Å². The first-order chi connectivity index (χ1) is 9.95. The number of carboxylic acid groups (broad SMARTS) is 1. The molecule has 3 unspecified atom stereocenters. The first-order valence-corrected chi connectivity index (χ1v) is 7.00. The van der Waals surface area contributed by atoms with E-state index in [1.165, 1.54) is 4.90 Å². The van der Waals surface area contributed by atoms with Crippen molar-refractivity contribution in [3.63, 3.8) is 0 Å². The van der Waals surface area contributed by atoms with E-state index in [-0.39, 0.29) is 13.0 Å². The number of likely N-dealkylation sites (tertiary alicyclic amines) is 1. The lowest BCUT2D eigenvalue weighted by molar-refractivity contribution is -0.150. The Kier molecular flexibility index (Phi) is 3.51. The van der Waals surface area contributed by atoms with Crippen molar-refractivity contribution in [1.82, 2.24) is 4.90 Å². The fourth-order valence-corrected chi connectivity index (χ4v) is 3.03. The molecule has 2 aliphatic heterocycles. The Balaban J connectivity index is 1.77. The summed E-state index contributed by atoms with van der Waals surface area (Å²) in [6, 6.07) is 4.10. The van der Waals surface area contributed by atoms with E-state index in [0.29, 0.717) is 17.2 Å². The Morgan fingerprint density at radius 3 is 2.86 bits per heavy atom. The number of ether oxygens (including phenoxy) is 1. The van der Waals surface area contributed by atoms with Crippen LogP contribution in [0.5, 0.6) is 5.75 Å². The summed E-state index contributed by atoms with van der Waals surface area (Å²) in [6.45, 7) is 0.0206. The van der Waals surface area contributed by atoms with Gasteiger partial charge in [-0.05, 0) is 23.8 Å². The fraction of sp³-hybridized carbons (Fsp3) is 0.429. The number of β-amino-alcohol motifs (C(OH)–C–C–N with tert-alkyl or cyclic N) is 1. The summed E-state index contributed by atoms with van der Waals surface area (Å²) in [5.41, 5.74) is 0.826. The summed E-state index contributed by atoms with van der Waals surface area (Å²) in [5, 5.41) is 19.3. The quantitative estimate of drug-likeness (QED) is 0.839. The Hall–Kier alpha value is -1.79. The van der Waals surface area contributed by atoms with Gasteiger partial charge < -0.3 is 19.8 Å². The third-order valence-corrected chi connectivity index (χ3v) is 4.05. The van der Waals surface area contributed by atoms with Crippen molar-refractivity contribution in [2.24, 2.45) is 0 Å². The predicted octanol–water partition coefficient (Wildman–Crippen LogP) is 0.690. The predicted molar refractivity (Wildman–Crippen MR) is 73.3 cm³/mol. The second kappa shape index (κ2) is 5.20. The summed E-state index contributed by atoms with van der Waals surface area (Å²) in [5.74, 6) is -0.936. The number of carboxylic acids is 1. The van der Waals surface area contributed by atoms with Crippen molar-refractivity contribution < 1.29 is 24.5 Å². The highest BCUT2D eigenvalue weighted by Crippen LogP contribution is 2.32. The van der Waals surface area contributed by atoms with Crippen molar-refractivity contribution in [2.75, 3.05) is 6.54 Å². The molecule has 0 saturated carbocycles. The first-order valence-electron chi connectivity index (χ1n) is 6.62. The molecule has 21 heavy (non-hydrogen) atoms. The van der Waals surface area contributed by atoms with Crippen LogP contribution in [0.4, 0.5) is 0 Å². The highest BCUT2D eigenvalue weighted by molar-refractivity contribution is 6.30. The van der Waals surface area contributed by atoms with Crippen LogP contribution in [-0.2, 0) is 16.0 Å². The summed E-state index contributed by atoms with van der Waals surface area (Å²) in [4.78, 5) is 24.8. The van der Waals surface area contributed by atoms with Crippen LogP contribution in [0, 0.1) is 0 Å². The van der Waals surface area contributed by atoms with E-state index in [1.807, 2.05) is 0 Å². The van der Waals surface area contributed by atoms with Crippen LogP contribution in [0.15, 0.2) is 18.2 Å². The molecule has 0 radical (unpaired) electrons. The van der Waals surface area contributed by atoms with Gasteiger partial charge in [0.25, 0.3) is 5.91 Å². The lowest BCUT2D eigenvalue weighted by Gasteiger charge is -2.24. The maximum atomic E-state index is 12.5. The molecule has 2 N–H and O–H groups in total. The van der Waals surface area contributed by atoms with E-state index in [1.54, 1.807) is 18.2 Å². The summed E-state index contributed by atoms with van der Waals surface area (Å²) in [7, 11) is 0. The van der Waals surface area contributed by atoms with Gasteiger partial charge in [-0.2, -0.15) is 0 Å². The SMILES string of the molecule is O=C(O)C1CC(O)CN1C(=O)C1Cc2cc(Cl)ccc2O1. The van der Waals surface area contributed by atoms with E-state index >= 15 is 0 Å². The number of benzene rings is 1. The number of aliphatic hydroxyl groups excluding tert-OH is 1. The molecule has 2 heterocycles. The zero-order valence-electron chi connectivity index (χ0n) is 11.0. The number of amides is 1. The fourth-order valence-electron chi connectivity index (χ4n) is 2.83. The molecule has 1 amide bonds. The number of hydrogen-bond acceptors (Lipinski definition) is 4. The monoisotopic (exact) mass is 311 g/mol. The minimum Gasteiger partial charge on any atom is -0.480 e. The smallest absolute Gasteiger partial charge is 0.326 e. The average Bonchev–Trinajstić information content (AvgIpc) is 3.00. The van der Waals surface area contributed by atoms with Crippen molar-refractivity contribution in [1.29, 1.82) is 0 Å². The number of hydrogen-bond donors (Lipinski definition) is 2. The number of nitrogens with zero attached hydrogens (tertiary/aromatic N) is 1. The molecule has 0 bridgehead atoms. The van der Waals surface area contributed by atoms with Crippen molar-refractivity contribution in [2.45, 2.75) is 31.1 Å². The van der Waals surface area contributed by atoms with Gasteiger partial charge in [-0.1, -0.05) is 11.6 Å². The molecule has 112 valence electrons. The summed E-state index contributed by atoms with van der Waals surface area (Å²) in [6.07, 6.45) is -1.17. The molecule has 3 rings (SSSR count). The first kappa shape index (κ1) is 14.2. The van der Waals surface area contributed by atoms with Gasteiger partial charge in [0.2, 0.25) is 0 Å². The van der Waals surface area contributed by atoms with Crippen LogP contribution < -0.4 is 4.74 Å². The van der Waals surface area contributed by atoms with E-state index in [4.69, 9.17) is 21.4 Å². The molecule has 1 aromatic rings. The van der Waals surface area contributed by atoms with Crippen LogP contribution in [0.2, 0.25) is 5.02 Å². The molecule has 7 heteroatoms. The minimum absolute atomic E-state index is 0.0206. The highest BCUT2D eigenvalue weighted by atomic mass is 35.5. The highest BCUT2D eigenvalue weighted by Gasteiger charge is 2.43. The zero-order valence-corrected chi connectivity index (χ0v) is 11.8. The number of halogens is 1. The van der Waals surface area contributed by atoms with Gasteiger partial charge in [0.1, 0.15) is 11.8 Å². The van der Waals surface area contributed by atoms with Crippen molar-refractivity contribution >= 4 is 23.5 Å². The molecule has 2 aliphatic rings. The molecule has 0 aliphatic carbocycles. The van der Waals surface area contributed by atoms with Gasteiger partial charge >= 0.3 is 5.97 Å². The molecule has 0 aromatic heterocycles. The van der Waals surface area contributed by atoms with E-state index in [2.05, 4.69) is 0 Å². The van der Waals surface area contributed by atoms with Crippen LogP contribution >= 0.6 is 11.6 Å². The van der Waals surface area contributed by atoms with Crippen LogP contribution in [-0.4, -0.2) is 51.8 Å². The van der Waals surface area contributed by atoms with E-state index in [0.717, 1.165) is 5.56 Å². The molecule has 1 saturated heterocycles. The number of aliphatic hydroxyl groups is 1. The lowest BCUT2D eigenvalue weighted by Crippen LogP contribution is -2.47. The Bertz CT molecular complexity index is 605. The topological polar surface area (TPSA) is 87.1 Å². The molecule has 6 nitrogen and oxygen atoms in total. The second-order valence-electron chi connectivity index (χ2n) is 5.30. The number of carbonyl (C=O) groups is 2. The maximum Gasteiger partial charge on any atom is 0.326 e. The lowest BCUT2D eigenvalue weighted by atomic mass is 10.1. The maximum absolute atomic E-state index is 12.5. The van der Waals surface area contributed by atoms with Crippen LogP contribution in [0.25, 0.3) is 0 Å². The standard InChI is InChI=1S/C14H14ClNO5/c15-8-1-2-11-7(3-8)4-12(21-11)13(18)16-6-9(17)5-10(16)14(19)20/h1-3,9-10,12,17H,4-6H2,(H,19,20). The third-order valence-electron chi connectivity index (χ3n) is 3.82. The van der Waals surface area contributed by atoms with Crippen LogP contribution in [0.3, 0.4) is 0 Å². The van der Waals surface area contributed by atoms with Gasteiger partial charge in [-0.25, -0.2) is 4.79 Å². The van der Waals surface area contributed by atoms with Crippen molar-refractivity contribution in [3.05, 3.63) is 28.8 Å². The number of carbonyl (C=O) groups excluding carboxylic acids is 1. The third kappa shape index (κ3) is 2.56. The van der Waals surface area contributed by atoms with E-state index in [9.17, 15) is 14.7 Å². The Morgan fingerprint density at radius 1 is 1.38 bits per heavy atom. The van der Waals surface area contributed by atoms with Gasteiger partial charge in [0.05, 0.1) is 6.10 Å².